The number of ether oxygens (including phenoxy) is 3. The lowest BCUT2D eigenvalue weighted by Gasteiger charge is -2.33. The average Bonchev–Trinajstić information content (AvgIpc) is 2.70. The van der Waals surface area contributed by atoms with E-state index in [1.54, 1.807) is 11.6 Å². The molecule has 1 saturated heterocycles. The quantitative estimate of drug-likeness (QED) is 0.744. The van der Waals surface area contributed by atoms with Gasteiger partial charge in [0.15, 0.2) is 5.56 Å². The zero-order valence-electron chi connectivity index (χ0n) is 12.6. The molecule has 0 amide bonds. The smallest absolute Gasteiger partial charge is 0.346 e. The van der Waals surface area contributed by atoms with E-state index in [9.17, 15) is 4.79 Å². The first kappa shape index (κ1) is 15.8. The standard InChI is InChI=1S/C14H20BrN3O4/c1-2-21-14(19)11-12(15)16-18-4-3-10(9-22-13(11)18)17-5-7-20-8-6-17/h10H,2-9H2,1H3. The van der Waals surface area contributed by atoms with E-state index in [0.29, 0.717) is 35.3 Å². The topological polar surface area (TPSA) is 65.8 Å². The van der Waals surface area contributed by atoms with Gasteiger partial charge in [-0.3, -0.25) is 4.90 Å². The first-order valence-electron chi connectivity index (χ1n) is 7.58. The molecule has 8 heteroatoms. The van der Waals surface area contributed by atoms with Crippen LogP contribution in [-0.4, -0.2) is 66.2 Å². The number of hydrogen-bond acceptors (Lipinski definition) is 6. The van der Waals surface area contributed by atoms with Gasteiger partial charge in [0.25, 0.3) is 0 Å². The molecule has 1 fully saturated rings. The highest BCUT2D eigenvalue weighted by Crippen LogP contribution is 2.30. The van der Waals surface area contributed by atoms with E-state index < -0.39 is 5.97 Å². The van der Waals surface area contributed by atoms with Crippen LogP contribution in [0.25, 0.3) is 0 Å². The van der Waals surface area contributed by atoms with Crippen molar-refractivity contribution in [3.63, 3.8) is 0 Å². The van der Waals surface area contributed by atoms with E-state index in [0.717, 1.165) is 39.3 Å². The van der Waals surface area contributed by atoms with Gasteiger partial charge in [0.2, 0.25) is 5.88 Å². The zero-order chi connectivity index (χ0) is 15.5. The lowest BCUT2D eigenvalue weighted by Crippen LogP contribution is -2.46. The number of carbonyl (C=O) groups is 1. The normalized spacial score (nSPS) is 22.5. The van der Waals surface area contributed by atoms with Gasteiger partial charge < -0.3 is 14.2 Å². The van der Waals surface area contributed by atoms with Crippen molar-refractivity contribution >= 4 is 21.9 Å². The molecule has 0 N–H and O–H groups in total. The molecule has 3 rings (SSSR count). The lowest BCUT2D eigenvalue weighted by molar-refractivity contribution is 0.00545. The van der Waals surface area contributed by atoms with Crippen LogP contribution in [0.1, 0.15) is 23.7 Å². The summed E-state index contributed by atoms with van der Waals surface area (Å²) in [5, 5.41) is 4.36. The number of hydrogen-bond donors (Lipinski definition) is 0. The fourth-order valence-corrected chi connectivity index (χ4v) is 3.37. The Morgan fingerprint density at radius 2 is 2.18 bits per heavy atom. The fourth-order valence-electron chi connectivity index (χ4n) is 2.85. The van der Waals surface area contributed by atoms with E-state index >= 15 is 0 Å². The first-order chi connectivity index (χ1) is 10.7. The second-order valence-corrected chi connectivity index (χ2v) is 6.07. The third-order valence-corrected chi connectivity index (χ3v) is 4.55. The molecule has 7 nitrogen and oxygen atoms in total. The first-order valence-corrected chi connectivity index (χ1v) is 8.38. The number of carbonyl (C=O) groups excluding carboxylic acids is 1. The molecule has 122 valence electrons. The largest absolute Gasteiger partial charge is 0.476 e. The van der Waals surface area contributed by atoms with Crippen LogP contribution in [0, 0.1) is 0 Å². The van der Waals surface area contributed by atoms with Gasteiger partial charge in [-0.25, -0.2) is 9.48 Å². The molecule has 0 aliphatic carbocycles. The minimum Gasteiger partial charge on any atom is -0.476 e. The summed E-state index contributed by atoms with van der Waals surface area (Å²) in [6.07, 6.45) is 0.934. The third-order valence-electron chi connectivity index (χ3n) is 3.99. The molecule has 0 saturated carbocycles. The van der Waals surface area contributed by atoms with Crippen LogP contribution >= 0.6 is 15.9 Å². The van der Waals surface area contributed by atoms with Gasteiger partial charge >= 0.3 is 5.97 Å². The predicted molar refractivity (Wildman–Crippen MR) is 82.2 cm³/mol. The molecule has 1 unspecified atom stereocenters. The molecule has 0 radical (unpaired) electrons. The van der Waals surface area contributed by atoms with Crippen LogP contribution < -0.4 is 4.74 Å². The molecule has 0 aromatic carbocycles. The number of rotatable bonds is 3. The highest BCUT2D eigenvalue weighted by molar-refractivity contribution is 9.10. The fraction of sp³-hybridized carbons (Fsp3) is 0.714. The van der Waals surface area contributed by atoms with Crippen LogP contribution in [0.2, 0.25) is 0 Å². The molecule has 3 heterocycles. The maximum absolute atomic E-state index is 12.1. The van der Waals surface area contributed by atoms with Gasteiger partial charge in [0, 0.05) is 25.7 Å². The van der Waals surface area contributed by atoms with Crippen LogP contribution in [0.4, 0.5) is 0 Å². The van der Waals surface area contributed by atoms with Crippen molar-refractivity contribution in [2.75, 3.05) is 39.5 Å². The van der Waals surface area contributed by atoms with Gasteiger partial charge in [-0.15, -0.1) is 0 Å². The van der Waals surface area contributed by atoms with Crippen molar-refractivity contribution in [2.24, 2.45) is 0 Å². The van der Waals surface area contributed by atoms with E-state index in [1.165, 1.54) is 0 Å². The number of aromatic nitrogens is 2. The number of morpholine rings is 1. The maximum Gasteiger partial charge on any atom is 0.346 e. The Hall–Kier alpha value is -1.12. The molecule has 2 aliphatic heterocycles. The highest BCUT2D eigenvalue weighted by Gasteiger charge is 2.30. The molecule has 1 atom stereocenters. The number of esters is 1. The third kappa shape index (κ3) is 3.13. The second-order valence-electron chi connectivity index (χ2n) is 5.32. The molecule has 0 bridgehead atoms. The van der Waals surface area contributed by atoms with Crippen LogP contribution in [0.15, 0.2) is 4.60 Å². The van der Waals surface area contributed by atoms with Crippen molar-refractivity contribution in [2.45, 2.75) is 25.9 Å². The Kier molecular flexibility index (Phi) is 5.00. The summed E-state index contributed by atoms with van der Waals surface area (Å²) in [7, 11) is 0. The summed E-state index contributed by atoms with van der Waals surface area (Å²) in [5.41, 5.74) is 0.379. The highest BCUT2D eigenvalue weighted by atomic mass is 79.9. The van der Waals surface area contributed by atoms with Crippen molar-refractivity contribution in [3.05, 3.63) is 10.2 Å². The zero-order valence-corrected chi connectivity index (χ0v) is 14.2. The lowest BCUT2D eigenvalue weighted by atomic mass is 10.2. The molecule has 1 aromatic heterocycles. The summed E-state index contributed by atoms with van der Waals surface area (Å²) < 4.78 is 18.6. The Morgan fingerprint density at radius 3 is 2.91 bits per heavy atom. The van der Waals surface area contributed by atoms with Crippen molar-refractivity contribution in [1.82, 2.24) is 14.7 Å². The van der Waals surface area contributed by atoms with Gasteiger partial charge in [-0.1, -0.05) is 0 Å². The van der Waals surface area contributed by atoms with Gasteiger partial charge in [0.1, 0.15) is 11.2 Å². The van der Waals surface area contributed by atoms with E-state index in [1.807, 2.05) is 0 Å². The molecule has 2 aliphatic rings. The Morgan fingerprint density at radius 1 is 1.41 bits per heavy atom. The predicted octanol–water partition coefficient (Wildman–Crippen LogP) is 1.31. The van der Waals surface area contributed by atoms with Gasteiger partial charge in [0.05, 0.1) is 19.8 Å². The van der Waals surface area contributed by atoms with Crippen molar-refractivity contribution in [3.8, 4) is 5.88 Å². The molecular weight excluding hydrogens is 354 g/mol. The van der Waals surface area contributed by atoms with Crippen LogP contribution in [0.3, 0.4) is 0 Å². The minimum absolute atomic E-state index is 0.319. The van der Waals surface area contributed by atoms with E-state index in [-0.39, 0.29) is 0 Å². The van der Waals surface area contributed by atoms with Crippen LogP contribution in [-0.2, 0) is 16.0 Å². The number of nitrogens with zero attached hydrogens (tertiary/aromatic N) is 3. The average molecular weight is 374 g/mol. The number of halogens is 1. The van der Waals surface area contributed by atoms with E-state index in [4.69, 9.17) is 14.2 Å². The summed E-state index contributed by atoms with van der Waals surface area (Å²) in [5.74, 6) is 0.0986. The SMILES string of the molecule is CCOC(=O)c1c(Br)nn2c1OCC(N1CCOCC1)CC2. The number of aryl methyl sites for hydroxylation is 1. The number of fused-ring (bicyclic) bond motifs is 1. The summed E-state index contributed by atoms with van der Waals surface area (Å²) in [6.45, 7) is 6.74. The Bertz CT molecular complexity index is 542. The Labute approximate surface area is 137 Å². The summed E-state index contributed by atoms with van der Waals surface area (Å²) in [4.78, 5) is 14.5. The molecule has 1 aromatic rings. The molecular formula is C14H20BrN3O4. The van der Waals surface area contributed by atoms with Gasteiger partial charge in [-0.2, -0.15) is 5.10 Å². The molecule has 22 heavy (non-hydrogen) atoms. The van der Waals surface area contributed by atoms with Gasteiger partial charge in [-0.05, 0) is 29.3 Å². The second kappa shape index (κ2) is 6.97. The summed E-state index contributed by atoms with van der Waals surface area (Å²) in [6, 6.07) is 0.319. The van der Waals surface area contributed by atoms with Crippen molar-refractivity contribution < 1.29 is 19.0 Å². The Balaban J connectivity index is 1.75. The monoisotopic (exact) mass is 373 g/mol. The van der Waals surface area contributed by atoms with E-state index in [2.05, 4.69) is 25.9 Å². The molecule has 0 spiro atoms. The summed E-state index contributed by atoms with van der Waals surface area (Å²) >= 11 is 3.33. The van der Waals surface area contributed by atoms with Crippen LogP contribution in [0.5, 0.6) is 5.88 Å². The minimum atomic E-state index is -0.402. The maximum atomic E-state index is 12.1. The van der Waals surface area contributed by atoms with Crippen molar-refractivity contribution in [1.29, 1.82) is 0 Å².